The van der Waals surface area contributed by atoms with Gasteiger partial charge in [-0.25, -0.2) is 4.98 Å². The lowest BCUT2D eigenvalue weighted by Crippen LogP contribution is -2.16. The topological polar surface area (TPSA) is 135 Å². The van der Waals surface area contributed by atoms with Gasteiger partial charge in [-0.3, -0.25) is 0 Å². The highest BCUT2D eigenvalue weighted by Crippen LogP contribution is 2.34. The van der Waals surface area contributed by atoms with Crippen LogP contribution in [0, 0.1) is 6.92 Å². The van der Waals surface area contributed by atoms with Crippen LogP contribution in [0.2, 0.25) is 0 Å². The summed E-state index contributed by atoms with van der Waals surface area (Å²) in [7, 11) is 3.19. The van der Waals surface area contributed by atoms with Crippen molar-refractivity contribution in [2.45, 2.75) is 13.0 Å². The molecule has 0 fully saturated rings. The van der Waals surface area contributed by atoms with Crippen molar-refractivity contribution >= 4 is 22.8 Å². The molecule has 8 heteroatoms. The van der Waals surface area contributed by atoms with Crippen LogP contribution in [0.4, 0.5) is 11.8 Å². The summed E-state index contributed by atoms with van der Waals surface area (Å²) in [6, 6.07) is 5.03. The molecule has 2 aromatic heterocycles. The summed E-state index contributed by atoms with van der Waals surface area (Å²) in [6.45, 7) is 1.91. The number of ether oxygens (including phenoxy) is 2. The second kappa shape index (κ2) is 6.40. The molecule has 1 aromatic carbocycles. The van der Waals surface area contributed by atoms with Crippen molar-refractivity contribution < 1.29 is 9.47 Å². The second-order valence-electron chi connectivity index (χ2n) is 5.59. The quantitative estimate of drug-likeness (QED) is 0.651. The predicted octanol–water partition coefficient (Wildman–Crippen LogP) is 1.56. The van der Waals surface area contributed by atoms with Gasteiger partial charge in [0.2, 0.25) is 5.95 Å². The van der Waals surface area contributed by atoms with E-state index in [1.54, 1.807) is 26.5 Å². The van der Waals surface area contributed by atoms with Crippen LogP contribution in [0.3, 0.4) is 0 Å². The van der Waals surface area contributed by atoms with Crippen molar-refractivity contribution in [2.75, 3.05) is 25.7 Å². The zero-order valence-corrected chi connectivity index (χ0v) is 14.3. The number of fused-ring (bicyclic) bond motifs is 1. The summed E-state index contributed by atoms with van der Waals surface area (Å²) in [5.41, 5.74) is 21.0. The molecule has 25 heavy (non-hydrogen) atoms. The third-order valence-corrected chi connectivity index (χ3v) is 4.18. The Morgan fingerprint density at radius 1 is 1.04 bits per heavy atom. The normalized spacial score (nSPS) is 12.2. The van der Waals surface area contributed by atoms with Crippen LogP contribution >= 0.6 is 0 Å². The molecular formula is C17H20N6O2. The van der Waals surface area contributed by atoms with E-state index in [4.69, 9.17) is 26.7 Å². The highest BCUT2D eigenvalue weighted by molar-refractivity contribution is 5.90. The van der Waals surface area contributed by atoms with Gasteiger partial charge in [-0.05, 0) is 30.2 Å². The number of nitrogens with two attached hydrogens (primary N) is 3. The molecule has 3 aromatic rings. The third-order valence-electron chi connectivity index (χ3n) is 4.18. The summed E-state index contributed by atoms with van der Waals surface area (Å²) in [5, 5.41) is 0.648. The molecule has 3 rings (SSSR count). The molecule has 0 amide bonds. The maximum absolute atomic E-state index is 6.49. The van der Waals surface area contributed by atoms with Gasteiger partial charge in [0.1, 0.15) is 17.3 Å². The molecule has 8 nitrogen and oxygen atoms in total. The predicted molar refractivity (Wildman–Crippen MR) is 96.5 cm³/mol. The van der Waals surface area contributed by atoms with Gasteiger partial charge >= 0.3 is 0 Å². The smallest absolute Gasteiger partial charge is 0.224 e. The Bertz CT molecular complexity index is 944. The minimum atomic E-state index is -0.463. The highest BCUT2D eigenvalue weighted by Gasteiger charge is 2.20. The zero-order valence-electron chi connectivity index (χ0n) is 14.3. The zero-order chi connectivity index (χ0) is 18.1. The molecule has 0 aliphatic rings. The summed E-state index contributed by atoms with van der Waals surface area (Å²) in [6.07, 6.45) is 1.68. The Kier molecular flexibility index (Phi) is 4.28. The molecule has 130 valence electrons. The molecule has 0 aliphatic carbocycles. The summed E-state index contributed by atoms with van der Waals surface area (Å²) in [4.78, 5) is 12.5. The highest BCUT2D eigenvalue weighted by atomic mass is 16.5. The summed E-state index contributed by atoms with van der Waals surface area (Å²) >= 11 is 0. The summed E-state index contributed by atoms with van der Waals surface area (Å²) < 4.78 is 10.7. The average molecular weight is 340 g/mol. The minimum absolute atomic E-state index is 0.0887. The molecule has 0 radical (unpaired) electrons. The number of aryl methyl sites for hydroxylation is 1. The van der Waals surface area contributed by atoms with Crippen molar-refractivity contribution in [3.63, 3.8) is 0 Å². The number of rotatable bonds is 4. The third kappa shape index (κ3) is 2.87. The first-order valence-electron chi connectivity index (χ1n) is 7.62. The average Bonchev–Trinajstić information content (AvgIpc) is 2.60. The molecule has 6 N–H and O–H groups in total. The number of hydrogen-bond acceptors (Lipinski definition) is 8. The molecule has 0 spiro atoms. The lowest BCUT2D eigenvalue weighted by atomic mass is 9.95. The van der Waals surface area contributed by atoms with Crippen LogP contribution < -0.4 is 26.7 Å². The van der Waals surface area contributed by atoms with Gasteiger partial charge < -0.3 is 26.7 Å². The molecule has 0 aliphatic heterocycles. The maximum Gasteiger partial charge on any atom is 0.224 e. The van der Waals surface area contributed by atoms with Gasteiger partial charge in [-0.2, -0.15) is 9.97 Å². The Balaban J connectivity index is 2.15. The van der Waals surface area contributed by atoms with E-state index in [2.05, 4.69) is 15.0 Å². The fourth-order valence-electron chi connectivity index (χ4n) is 2.86. The number of aromatic nitrogens is 3. The number of anilines is 2. The van der Waals surface area contributed by atoms with Crippen molar-refractivity contribution in [3.05, 3.63) is 41.1 Å². The monoisotopic (exact) mass is 340 g/mol. The van der Waals surface area contributed by atoms with Gasteiger partial charge in [-0.15, -0.1) is 0 Å². The number of methoxy groups -OCH3 is 2. The van der Waals surface area contributed by atoms with Crippen molar-refractivity contribution in [2.24, 2.45) is 5.73 Å². The SMILES string of the molecule is COc1ccc(C(N)c2cnc3nc(N)nc(N)c3c2C)c(OC)c1. The van der Waals surface area contributed by atoms with Gasteiger partial charge in [0.05, 0.1) is 25.6 Å². The van der Waals surface area contributed by atoms with E-state index in [0.29, 0.717) is 22.5 Å². The van der Waals surface area contributed by atoms with Gasteiger partial charge in [0, 0.05) is 17.8 Å². The Morgan fingerprint density at radius 3 is 2.48 bits per heavy atom. The van der Waals surface area contributed by atoms with E-state index in [0.717, 1.165) is 16.7 Å². The van der Waals surface area contributed by atoms with E-state index < -0.39 is 6.04 Å². The molecule has 0 bridgehead atoms. The fourth-order valence-corrected chi connectivity index (χ4v) is 2.86. The number of hydrogen-bond donors (Lipinski definition) is 3. The Labute approximate surface area is 145 Å². The van der Waals surface area contributed by atoms with Crippen LogP contribution in [-0.2, 0) is 0 Å². The van der Waals surface area contributed by atoms with E-state index in [1.165, 1.54) is 0 Å². The van der Waals surface area contributed by atoms with E-state index in [9.17, 15) is 0 Å². The van der Waals surface area contributed by atoms with E-state index >= 15 is 0 Å². The van der Waals surface area contributed by atoms with Gasteiger partial charge in [0.15, 0.2) is 5.65 Å². The Morgan fingerprint density at radius 2 is 1.80 bits per heavy atom. The molecule has 0 saturated carbocycles. The van der Waals surface area contributed by atoms with Crippen LogP contribution in [0.5, 0.6) is 11.5 Å². The van der Waals surface area contributed by atoms with Crippen LogP contribution in [-0.4, -0.2) is 29.2 Å². The molecule has 1 unspecified atom stereocenters. The molecule has 1 atom stereocenters. The summed E-state index contributed by atoms with van der Waals surface area (Å²) in [5.74, 6) is 1.69. The van der Waals surface area contributed by atoms with E-state index in [1.807, 2.05) is 19.1 Å². The van der Waals surface area contributed by atoms with Gasteiger partial charge in [-0.1, -0.05) is 0 Å². The van der Waals surface area contributed by atoms with Crippen molar-refractivity contribution in [1.82, 2.24) is 15.0 Å². The first-order valence-corrected chi connectivity index (χ1v) is 7.62. The molecule has 0 saturated heterocycles. The lowest BCUT2D eigenvalue weighted by molar-refractivity contribution is 0.390. The molecule has 2 heterocycles. The van der Waals surface area contributed by atoms with Crippen LogP contribution in [0.25, 0.3) is 11.0 Å². The van der Waals surface area contributed by atoms with Gasteiger partial charge in [0.25, 0.3) is 0 Å². The minimum Gasteiger partial charge on any atom is -0.497 e. The Hall–Kier alpha value is -3.13. The second-order valence-corrected chi connectivity index (χ2v) is 5.59. The standard InChI is InChI=1S/C17H20N6O2/c1-8-11(7-21-16-13(8)15(19)22-17(20)23-16)14(18)10-5-4-9(24-2)6-12(10)25-3/h4-7,14H,18H2,1-3H3,(H4,19,20,21,22,23). The first kappa shape index (κ1) is 16.7. The first-order chi connectivity index (χ1) is 12.0. The number of benzene rings is 1. The number of pyridine rings is 1. The maximum atomic E-state index is 6.49. The van der Waals surface area contributed by atoms with Crippen molar-refractivity contribution in [1.29, 1.82) is 0 Å². The van der Waals surface area contributed by atoms with Crippen LogP contribution in [0.1, 0.15) is 22.7 Å². The molecular weight excluding hydrogens is 320 g/mol. The van der Waals surface area contributed by atoms with E-state index in [-0.39, 0.29) is 11.8 Å². The van der Waals surface area contributed by atoms with Crippen molar-refractivity contribution in [3.8, 4) is 11.5 Å². The van der Waals surface area contributed by atoms with Crippen LogP contribution in [0.15, 0.2) is 24.4 Å². The fraction of sp³-hybridized carbons (Fsp3) is 0.235. The lowest BCUT2D eigenvalue weighted by Gasteiger charge is -2.19. The largest absolute Gasteiger partial charge is 0.497 e. The number of nitrogens with zero attached hydrogens (tertiary/aromatic N) is 3. The number of nitrogen functional groups attached to an aromatic ring is 2.